The van der Waals surface area contributed by atoms with Crippen molar-refractivity contribution >= 4 is 5.57 Å². The molecular weight excluding hydrogens is 232 g/mol. The zero-order valence-electron chi connectivity index (χ0n) is 11.6. The van der Waals surface area contributed by atoms with E-state index in [1.54, 1.807) is 0 Å². The number of ether oxygens (including phenoxy) is 1. The molecule has 0 amide bonds. The van der Waals surface area contributed by atoms with Gasteiger partial charge in [0.15, 0.2) is 0 Å². The molecule has 2 aromatic carbocycles. The Morgan fingerprint density at radius 1 is 1.05 bits per heavy atom. The number of benzene rings is 2. The molecule has 1 atom stereocenters. The molecule has 0 aliphatic carbocycles. The van der Waals surface area contributed by atoms with Crippen LogP contribution in [0.3, 0.4) is 0 Å². The molecule has 0 saturated heterocycles. The third-order valence-electron chi connectivity index (χ3n) is 3.22. The standard InChI is InChI=1S/C18H20O/c1-4-14(2)19-18-12-8-11-17(13-18)15(3)16-9-6-5-7-10-16/h5-14H,3-4H2,1-2H3. The molecule has 1 heteroatoms. The second-order valence-electron chi connectivity index (χ2n) is 4.71. The van der Waals surface area contributed by atoms with Crippen LogP contribution in [0.1, 0.15) is 31.4 Å². The van der Waals surface area contributed by atoms with Crippen LogP contribution in [-0.2, 0) is 0 Å². The molecule has 19 heavy (non-hydrogen) atoms. The van der Waals surface area contributed by atoms with E-state index in [0.29, 0.717) is 0 Å². The predicted octanol–water partition coefficient (Wildman–Crippen LogP) is 4.93. The quantitative estimate of drug-likeness (QED) is 0.733. The van der Waals surface area contributed by atoms with Gasteiger partial charge < -0.3 is 4.74 Å². The third-order valence-corrected chi connectivity index (χ3v) is 3.22. The molecule has 1 unspecified atom stereocenters. The Kier molecular flexibility index (Phi) is 4.40. The molecule has 0 spiro atoms. The highest BCUT2D eigenvalue weighted by Crippen LogP contribution is 2.25. The molecule has 2 rings (SSSR count). The van der Waals surface area contributed by atoms with E-state index in [2.05, 4.69) is 44.7 Å². The SMILES string of the molecule is C=C(c1ccccc1)c1cccc(OC(C)CC)c1. The minimum Gasteiger partial charge on any atom is -0.491 e. The first-order chi connectivity index (χ1) is 9.20. The van der Waals surface area contributed by atoms with E-state index >= 15 is 0 Å². The predicted molar refractivity (Wildman–Crippen MR) is 81.4 cm³/mol. The van der Waals surface area contributed by atoms with E-state index in [1.165, 1.54) is 0 Å². The van der Waals surface area contributed by atoms with Gasteiger partial charge in [0, 0.05) is 0 Å². The smallest absolute Gasteiger partial charge is 0.120 e. The van der Waals surface area contributed by atoms with Gasteiger partial charge in [-0.05, 0) is 42.2 Å². The largest absolute Gasteiger partial charge is 0.491 e. The Morgan fingerprint density at radius 2 is 1.74 bits per heavy atom. The Labute approximate surface area is 115 Å². The van der Waals surface area contributed by atoms with Gasteiger partial charge in [0.05, 0.1) is 6.10 Å². The summed E-state index contributed by atoms with van der Waals surface area (Å²) in [6, 6.07) is 18.4. The van der Waals surface area contributed by atoms with Gasteiger partial charge in [0.25, 0.3) is 0 Å². The minimum absolute atomic E-state index is 0.236. The monoisotopic (exact) mass is 252 g/mol. The van der Waals surface area contributed by atoms with Crippen molar-refractivity contribution < 1.29 is 4.74 Å². The van der Waals surface area contributed by atoms with Crippen LogP contribution in [0.25, 0.3) is 5.57 Å². The Morgan fingerprint density at radius 3 is 2.42 bits per heavy atom. The van der Waals surface area contributed by atoms with Crippen molar-refractivity contribution in [1.29, 1.82) is 0 Å². The van der Waals surface area contributed by atoms with Gasteiger partial charge in [-0.3, -0.25) is 0 Å². The highest BCUT2D eigenvalue weighted by Gasteiger charge is 2.05. The van der Waals surface area contributed by atoms with Crippen molar-refractivity contribution in [3.05, 3.63) is 72.3 Å². The maximum Gasteiger partial charge on any atom is 0.120 e. The summed E-state index contributed by atoms with van der Waals surface area (Å²) in [6.07, 6.45) is 1.24. The van der Waals surface area contributed by atoms with Crippen molar-refractivity contribution in [2.45, 2.75) is 26.4 Å². The molecule has 0 saturated carbocycles. The summed E-state index contributed by atoms with van der Waals surface area (Å²) in [5.41, 5.74) is 3.27. The van der Waals surface area contributed by atoms with Crippen LogP contribution in [-0.4, -0.2) is 6.10 Å². The maximum absolute atomic E-state index is 5.85. The van der Waals surface area contributed by atoms with Gasteiger partial charge in [-0.25, -0.2) is 0 Å². The first-order valence-corrected chi connectivity index (χ1v) is 6.72. The summed E-state index contributed by atoms with van der Waals surface area (Å²) in [7, 11) is 0. The minimum atomic E-state index is 0.236. The van der Waals surface area contributed by atoms with Gasteiger partial charge in [-0.1, -0.05) is 56.0 Å². The third kappa shape index (κ3) is 3.47. The molecule has 0 fully saturated rings. The molecule has 0 aliphatic heterocycles. The van der Waals surface area contributed by atoms with E-state index < -0.39 is 0 Å². The zero-order valence-corrected chi connectivity index (χ0v) is 11.6. The second kappa shape index (κ2) is 6.24. The van der Waals surface area contributed by atoms with Crippen molar-refractivity contribution in [2.24, 2.45) is 0 Å². The summed E-state index contributed by atoms with van der Waals surface area (Å²) in [5.74, 6) is 0.906. The normalized spacial score (nSPS) is 11.9. The fourth-order valence-electron chi connectivity index (χ4n) is 1.88. The van der Waals surface area contributed by atoms with Gasteiger partial charge >= 0.3 is 0 Å². The molecule has 0 aromatic heterocycles. The lowest BCUT2D eigenvalue weighted by Gasteiger charge is -2.14. The lowest BCUT2D eigenvalue weighted by molar-refractivity contribution is 0.217. The summed E-state index contributed by atoms with van der Waals surface area (Å²) in [5, 5.41) is 0. The number of hydrogen-bond donors (Lipinski definition) is 0. The van der Waals surface area contributed by atoms with E-state index in [-0.39, 0.29) is 6.10 Å². The van der Waals surface area contributed by atoms with E-state index in [9.17, 15) is 0 Å². The van der Waals surface area contributed by atoms with E-state index in [1.807, 2.05) is 30.3 Å². The highest BCUT2D eigenvalue weighted by atomic mass is 16.5. The van der Waals surface area contributed by atoms with Gasteiger partial charge in [-0.2, -0.15) is 0 Å². The topological polar surface area (TPSA) is 9.23 Å². The molecular formula is C18H20O. The molecule has 2 aromatic rings. The van der Waals surface area contributed by atoms with E-state index in [0.717, 1.165) is 28.9 Å². The Balaban J connectivity index is 2.21. The van der Waals surface area contributed by atoms with Crippen molar-refractivity contribution in [1.82, 2.24) is 0 Å². The van der Waals surface area contributed by atoms with Crippen molar-refractivity contribution in [3.63, 3.8) is 0 Å². The number of hydrogen-bond acceptors (Lipinski definition) is 1. The lowest BCUT2D eigenvalue weighted by atomic mass is 10.00. The molecule has 0 radical (unpaired) electrons. The molecule has 0 heterocycles. The average Bonchev–Trinajstić information content (AvgIpc) is 2.47. The molecule has 0 N–H and O–H groups in total. The van der Waals surface area contributed by atoms with E-state index in [4.69, 9.17) is 4.74 Å². The van der Waals surface area contributed by atoms with Crippen LogP contribution >= 0.6 is 0 Å². The summed E-state index contributed by atoms with van der Waals surface area (Å²) < 4.78 is 5.85. The average molecular weight is 252 g/mol. The summed E-state index contributed by atoms with van der Waals surface area (Å²) in [6.45, 7) is 8.38. The van der Waals surface area contributed by atoms with Gasteiger partial charge in [0.1, 0.15) is 5.75 Å². The Hall–Kier alpha value is -2.02. The zero-order chi connectivity index (χ0) is 13.7. The first kappa shape index (κ1) is 13.4. The molecule has 0 aliphatic rings. The summed E-state index contributed by atoms with van der Waals surface area (Å²) >= 11 is 0. The molecule has 0 bridgehead atoms. The van der Waals surface area contributed by atoms with Crippen LogP contribution in [0.4, 0.5) is 0 Å². The fraction of sp³-hybridized carbons (Fsp3) is 0.222. The second-order valence-corrected chi connectivity index (χ2v) is 4.71. The fourth-order valence-corrected chi connectivity index (χ4v) is 1.88. The molecule has 1 nitrogen and oxygen atoms in total. The van der Waals surface area contributed by atoms with Crippen LogP contribution < -0.4 is 4.74 Å². The molecule has 98 valence electrons. The lowest BCUT2D eigenvalue weighted by Crippen LogP contribution is -2.09. The van der Waals surface area contributed by atoms with Crippen LogP contribution in [0.15, 0.2) is 61.2 Å². The first-order valence-electron chi connectivity index (χ1n) is 6.72. The highest BCUT2D eigenvalue weighted by molar-refractivity contribution is 5.78. The van der Waals surface area contributed by atoms with Crippen LogP contribution in [0, 0.1) is 0 Å². The Bertz CT molecular complexity index is 543. The number of rotatable bonds is 5. The van der Waals surface area contributed by atoms with Crippen molar-refractivity contribution in [2.75, 3.05) is 0 Å². The van der Waals surface area contributed by atoms with Crippen molar-refractivity contribution in [3.8, 4) is 5.75 Å². The van der Waals surface area contributed by atoms with Crippen LogP contribution in [0.5, 0.6) is 5.75 Å². The maximum atomic E-state index is 5.85. The summed E-state index contributed by atoms with van der Waals surface area (Å²) in [4.78, 5) is 0. The van der Waals surface area contributed by atoms with Crippen LogP contribution in [0.2, 0.25) is 0 Å². The van der Waals surface area contributed by atoms with Gasteiger partial charge in [-0.15, -0.1) is 0 Å². The van der Waals surface area contributed by atoms with Gasteiger partial charge in [0.2, 0.25) is 0 Å².